The average molecular weight is 312 g/mol. The zero-order valence-corrected chi connectivity index (χ0v) is 12.9. The second-order valence-electron chi connectivity index (χ2n) is 4.54. The molecule has 0 atom stereocenters. The highest BCUT2D eigenvalue weighted by Crippen LogP contribution is 2.22. The molecule has 5 heteroatoms. The first kappa shape index (κ1) is 16.7. The second kappa shape index (κ2) is 6.88. The number of benzene rings is 2. The van der Waals surface area contributed by atoms with Crippen molar-refractivity contribution in [2.45, 2.75) is 11.3 Å². The minimum Gasteiger partial charge on any atom is -0.330 e. The van der Waals surface area contributed by atoms with E-state index in [1.54, 1.807) is 12.1 Å². The van der Waals surface area contributed by atoms with E-state index in [0.29, 0.717) is 11.4 Å². The van der Waals surface area contributed by atoms with E-state index in [4.69, 9.17) is 5.73 Å². The lowest BCUT2D eigenvalue weighted by molar-refractivity contribution is 0.602. The van der Waals surface area contributed by atoms with Crippen molar-refractivity contribution in [3.63, 3.8) is 0 Å². The highest BCUT2D eigenvalue weighted by Gasteiger charge is 2.06. The van der Waals surface area contributed by atoms with Gasteiger partial charge in [0.1, 0.15) is 0 Å². The number of hydrogen-bond donors (Lipinski definition) is 1. The van der Waals surface area contributed by atoms with Crippen LogP contribution in [0.1, 0.15) is 5.56 Å². The van der Waals surface area contributed by atoms with Crippen LogP contribution in [0.15, 0.2) is 53.4 Å². The Labute approximate surface area is 126 Å². The van der Waals surface area contributed by atoms with Crippen LogP contribution in [0, 0.1) is 0 Å². The van der Waals surface area contributed by atoms with Crippen LogP contribution in [0.4, 0.5) is 0 Å². The van der Waals surface area contributed by atoms with Gasteiger partial charge in [0.2, 0.25) is 0 Å². The molecular formula is C15H18ClNO2S. The maximum Gasteiger partial charge on any atom is 0.175 e. The standard InChI is InChI=1S/C15H17NO2S.ClH/c1-19(17,18)15-7-5-13(6-8-15)14-4-2-3-12(11-14)9-10-16;/h2-8,11H,9-10,16H2,1H3;1H. The Kier molecular flexibility index (Phi) is 5.74. The molecule has 0 aliphatic heterocycles. The van der Waals surface area contributed by atoms with Crippen molar-refractivity contribution in [2.75, 3.05) is 12.8 Å². The third-order valence-electron chi connectivity index (χ3n) is 2.98. The summed E-state index contributed by atoms with van der Waals surface area (Å²) in [4.78, 5) is 0.342. The summed E-state index contributed by atoms with van der Waals surface area (Å²) in [5.41, 5.74) is 8.82. The first-order chi connectivity index (χ1) is 9.00. The van der Waals surface area contributed by atoms with Crippen LogP contribution < -0.4 is 5.73 Å². The van der Waals surface area contributed by atoms with Crippen molar-refractivity contribution in [1.29, 1.82) is 0 Å². The van der Waals surface area contributed by atoms with Crippen LogP contribution in [0.5, 0.6) is 0 Å². The van der Waals surface area contributed by atoms with Gasteiger partial charge in [-0.1, -0.05) is 36.4 Å². The molecule has 0 amide bonds. The summed E-state index contributed by atoms with van der Waals surface area (Å²) in [6, 6.07) is 15.1. The van der Waals surface area contributed by atoms with Gasteiger partial charge in [0.25, 0.3) is 0 Å². The smallest absolute Gasteiger partial charge is 0.175 e. The van der Waals surface area contributed by atoms with Crippen LogP contribution in [-0.4, -0.2) is 21.2 Å². The van der Waals surface area contributed by atoms with Gasteiger partial charge in [-0.05, 0) is 41.8 Å². The number of hydrogen-bond acceptors (Lipinski definition) is 3. The maximum absolute atomic E-state index is 11.4. The lowest BCUT2D eigenvalue weighted by Gasteiger charge is -2.06. The van der Waals surface area contributed by atoms with Crippen molar-refractivity contribution >= 4 is 22.2 Å². The number of halogens is 1. The Morgan fingerprint density at radius 1 is 1.00 bits per heavy atom. The fraction of sp³-hybridized carbons (Fsp3) is 0.200. The molecule has 0 spiro atoms. The van der Waals surface area contributed by atoms with Crippen LogP contribution in [0.25, 0.3) is 11.1 Å². The summed E-state index contributed by atoms with van der Waals surface area (Å²) >= 11 is 0. The van der Waals surface area contributed by atoms with E-state index in [2.05, 4.69) is 6.07 Å². The van der Waals surface area contributed by atoms with Crippen molar-refractivity contribution in [2.24, 2.45) is 5.73 Å². The van der Waals surface area contributed by atoms with Crippen molar-refractivity contribution in [1.82, 2.24) is 0 Å². The zero-order valence-electron chi connectivity index (χ0n) is 11.2. The van der Waals surface area contributed by atoms with Gasteiger partial charge in [0.05, 0.1) is 4.90 Å². The third-order valence-corrected chi connectivity index (χ3v) is 4.10. The minimum atomic E-state index is -3.14. The molecule has 0 fully saturated rings. The van der Waals surface area contributed by atoms with E-state index in [1.807, 2.05) is 30.3 Å². The van der Waals surface area contributed by atoms with Crippen LogP contribution in [0.2, 0.25) is 0 Å². The topological polar surface area (TPSA) is 60.2 Å². The van der Waals surface area contributed by atoms with Crippen molar-refractivity contribution in [3.8, 4) is 11.1 Å². The number of rotatable bonds is 4. The first-order valence-electron chi connectivity index (χ1n) is 6.10. The molecule has 2 rings (SSSR count). The van der Waals surface area contributed by atoms with E-state index in [1.165, 1.54) is 11.8 Å². The van der Waals surface area contributed by atoms with E-state index < -0.39 is 9.84 Å². The molecule has 0 radical (unpaired) electrons. The quantitative estimate of drug-likeness (QED) is 0.944. The molecule has 0 bridgehead atoms. The normalized spacial score (nSPS) is 10.9. The van der Waals surface area contributed by atoms with Gasteiger partial charge in [-0.3, -0.25) is 0 Å². The largest absolute Gasteiger partial charge is 0.330 e. The molecule has 108 valence electrons. The average Bonchev–Trinajstić information content (AvgIpc) is 2.39. The Balaban J connectivity index is 0.00000200. The van der Waals surface area contributed by atoms with Crippen molar-refractivity contribution < 1.29 is 8.42 Å². The molecule has 20 heavy (non-hydrogen) atoms. The lowest BCUT2D eigenvalue weighted by Crippen LogP contribution is -2.02. The summed E-state index contributed by atoms with van der Waals surface area (Å²) in [5.74, 6) is 0. The molecule has 2 aromatic carbocycles. The Morgan fingerprint density at radius 2 is 1.65 bits per heavy atom. The summed E-state index contributed by atoms with van der Waals surface area (Å²) < 4.78 is 22.8. The number of sulfone groups is 1. The fourth-order valence-corrected chi connectivity index (χ4v) is 2.60. The molecule has 2 aromatic rings. The molecule has 0 aliphatic carbocycles. The maximum atomic E-state index is 11.4. The third kappa shape index (κ3) is 4.07. The molecule has 0 aliphatic rings. The summed E-state index contributed by atoms with van der Waals surface area (Å²) in [6.07, 6.45) is 2.05. The van der Waals surface area contributed by atoms with Gasteiger partial charge in [-0.25, -0.2) is 8.42 Å². The lowest BCUT2D eigenvalue weighted by atomic mass is 10.0. The van der Waals surface area contributed by atoms with Crippen LogP contribution in [0.3, 0.4) is 0 Å². The van der Waals surface area contributed by atoms with E-state index in [-0.39, 0.29) is 12.4 Å². The Bertz CT molecular complexity index is 667. The van der Waals surface area contributed by atoms with Gasteiger partial charge >= 0.3 is 0 Å². The molecule has 3 nitrogen and oxygen atoms in total. The molecule has 0 aromatic heterocycles. The van der Waals surface area contributed by atoms with Crippen LogP contribution in [-0.2, 0) is 16.3 Å². The summed E-state index contributed by atoms with van der Waals surface area (Å²) in [6.45, 7) is 0.621. The van der Waals surface area contributed by atoms with Gasteiger partial charge in [0, 0.05) is 6.26 Å². The van der Waals surface area contributed by atoms with Gasteiger partial charge in [-0.15, -0.1) is 12.4 Å². The SMILES string of the molecule is CS(=O)(=O)c1ccc(-c2cccc(CCN)c2)cc1.Cl. The fourth-order valence-electron chi connectivity index (χ4n) is 1.97. The van der Waals surface area contributed by atoms with E-state index >= 15 is 0 Å². The monoisotopic (exact) mass is 311 g/mol. The van der Waals surface area contributed by atoms with Crippen LogP contribution >= 0.6 is 12.4 Å². The molecule has 0 unspecified atom stereocenters. The zero-order chi connectivity index (χ0) is 13.9. The second-order valence-corrected chi connectivity index (χ2v) is 6.55. The summed E-state index contributed by atoms with van der Waals surface area (Å²) in [7, 11) is -3.14. The Hall–Kier alpha value is -1.36. The molecule has 0 saturated heterocycles. The van der Waals surface area contributed by atoms with Gasteiger partial charge < -0.3 is 5.73 Å². The molecular weight excluding hydrogens is 294 g/mol. The van der Waals surface area contributed by atoms with Crippen molar-refractivity contribution in [3.05, 3.63) is 54.1 Å². The van der Waals surface area contributed by atoms with Gasteiger partial charge in [-0.2, -0.15) is 0 Å². The molecule has 0 saturated carbocycles. The highest BCUT2D eigenvalue weighted by atomic mass is 35.5. The predicted octanol–water partition coefficient (Wildman–Crippen LogP) is 2.68. The summed E-state index contributed by atoms with van der Waals surface area (Å²) in [5, 5.41) is 0. The first-order valence-corrected chi connectivity index (χ1v) is 7.99. The minimum absolute atomic E-state index is 0. The van der Waals surface area contributed by atoms with E-state index in [0.717, 1.165) is 17.5 Å². The number of nitrogens with two attached hydrogens (primary N) is 1. The molecule has 0 heterocycles. The Morgan fingerprint density at radius 3 is 2.20 bits per heavy atom. The van der Waals surface area contributed by atoms with E-state index in [9.17, 15) is 8.42 Å². The van der Waals surface area contributed by atoms with Gasteiger partial charge in [0.15, 0.2) is 9.84 Å². The molecule has 2 N–H and O–H groups in total. The highest BCUT2D eigenvalue weighted by molar-refractivity contribution is 7.90. The predicted molar refractivity (Wildman–Crippen MR) is 85.0 cm³/mol.